The Morgan fingerprint density at radius 2 is 1.68 bits per heavy atom. The lowest BCUT2D eigenvalue weighted by atomic mass is 10.0. The van der Waals surface area contributed by atoms with Crippen LogP contribution >= 0.6 is 0 Å². The third-order valence-corrected chi connectivity index (χ3v) is 3.85. The van der Waals surface area contributed by atoms with Gasteiger partial charge in [-0.1, -0.05) is 56.3 Å². The molecular formula is C19H25N3. The van der Waals surface area contributed by atoms with Crippen molar-refractivity contribution in [2.24, 2.45) is 5.73 Å². The molecule has 0 amide bonds. The average molecular weight is 295 g/mol. The predicted molar refractivity (Wildman–Crippen MR) is 94.6 cm³/mol. The quantitative estimate of drug-likeness (QED) is 0.621. The summed E-state index contributed by atoms with van der Waals surface area (Å²) < 4.78 is 0. The van der Waals surface area contributed by atoms with Gasteiger partial charge in [0.05, 0.1) is 0 Å². The Balaban J connectivity index is 1.99. The zero-order valence-corrected chi connectivity index (χ0v) is 13.4. The van der Waals surface area contributed by atoms with Crippen LogP contribution in [0.15, 0.2) is 54.6 Å². The van der Waals surface area contributed by atoms with Gasteiger partial charge in [-0.25, -0.2) is 0 Å². The Bertz CT molecular complexity index is 588. The van der Waals surface area contributed by atoms with Gasteiger partial charge in [0.15, 0.2) is 5.96 Å². The zero-order chi connectivity index (χ0) is 15.9. The third kappa shape index (κ3) is 4.35. The summed E-state index contributed by atoms with van der Waals surface area (Å²) in [4.78, 5) is 1.87. The van der Waals surface area contributed by atoms with Gasteiger partial charge in [0.2, 0.25) is 0 Å². The first-order valence-electron chi connectivity index (χ1n) is 7.83. The van der Waals surface area contributed by atoms with E-state index in [1.807, 2.05) is 11.0 Å². The van der Waals surface area contributed by atoms with Crippen molar-refractivity contribution in [3.05, 3.63) is 65.7 Å². The number of guanidine groups is 1. The van der Waals surface area contributed by atoms with Crippen molar-refractivity contribution in [1.29, 1.82) is 5.41 Å². The van der Waals surface area contributed by atoms with E-state index in [4.69, 9.17) is 11.1 Å². The molecule has 0 unspecified atom stereocenters. The molecule has 0 saturated heterocycles. The minimum absolute atomic E-state index is 0.102. The van der Waals surface area contributed by atoms with Gasteiger partial charge in [0.25, 0.3) is 0 Å². The van der Waals surface area contributed by atoms with E-state index in [0.717, 1.165) is 25.1 Å². The lowest BCUT2D eigenvalue weighted by molar-refractivity contribution is 0.812. The average Bonchev–Trinajstić information content (AvgIpc) is 2.52. The summed E-state index contributed by atoms with van der Waals surface area (Å²) in [7, 11) is 0. The van der Waals surface area contributed by atoms with Gasteiger partial charge < -0.3 is 10.6 Å². The number of anilines is 1. The molecular weight excluding hydrogens is 270 g/mol. The Labute approximate surface area is 133 Å². The molecule has 0 saturated carbocycles. The van der Waals surface area contributed by atoms with Crippen molar-refractivity contribution >= 4 is 11.6 Å². The molecule has 116 valence electrons. The highest BCUT2D eigenvalue weighted by Crippen LogP contribution is 2.20. The van der Waals surface area contributed by atoms with Crippen LogP contribution in [0.4, 0.5) is 5.69 Å². The second-order valence-corrected chi connectivity index (χ2v) is 5.87. The molecule has 2 rings (SSSR count). The number of nitrogens with two attached hydrogens (primary N) is 1. The molecule has 0 radical (unpaired) electrons. The summed E-state index contributed by atoms with van der Waals surface area (Å²) in [5.74, 6) is 0.614. The van der Waals surface area contributed by atoms with Gasteiger partial charge in [-0.15, -0.1) is 0 Å². The lowest BCUT2D eigenvalue weighted by Gasteiger charge is -2.23. The molecule has 3 heteroatoms. The Kier molecular flexibility index (Phi) is 5.59. The molecule has 0 spiro atoms. The van der Waals surface area contributed by atoms with Crippen LogP contribution in [0.3, 0.4) is 0 Å². The normalized spacial score (nSPS) is 10.7. The molecule has 0 aliphatic heterocycles. The van der Waals surface area contributed by atoms with Crippen LogP contribution in [-0.2, 0) is 6.42 Å². The number of hydrogen-bond donors (Lipinski definition) is 2. The summed E-state index contributed by atoms with van der Waals surface area (Å²) in [6, 6.07) is 18.8. The first-order valence-corrected chi connectivity index (χ1v) is 7.83. The van der Waals surface area contributed by atoms with Crippen LogP contribution in [0, 0.1) is 5.41 Å². The highest BCUT2D eigenvalue weighted by atomic mass is 15.2. The topological polar surface area (TPSA) is 53.1 Å². The largest absolute Gasteiger partial charge is 0.370 e. The van der Waals surface area contributed by atoms with E-state index in [9.17, 15) is 0 Å². The maximum Gasteiger partial charge on any atom is 0.192 e. The van der Waals surface area contributed by atoms with Crippen molar-refractivity contribution in [3.63, 3.8) is 0 Å². The van der Waals surface area contributed by atoms with Crippen molar-refractivity contribution in [2.45, 2.75) is 32.6 Å². The molecule has 2 aromatic carbocycles. The molecule has 0 aliphatic carbocycles. The standard InChI is InChI=1S/C19H25N3/c1-15(2)17-10-12-18(13-11-17)22(19(20)21)14-6-9-16-7-4-3-5-8-16/h3-5,7-8,10-13,15H,6,9,14H2,1-2H3,(H3,20,21). The van der Waals surface area contributed by atoms with E-state index < -0.39 is 0 Å². The summed E-state index contributed by atoms with van der Waals surface area (Å²) in [5, 5.41) is 7.81. The second-order valence-electron chi connectivity index (χ2n) is 5.87. The highest BCUT2D eigenvalue weighted by Gasteiger charge is 2.10. The molecule has 0 atom stereocenters. The minimum atomic E-state index is 0.102. The molecule has 0 aliphatic rings. The SMILES string of the molecule is CC(C)c1ccc(N(CCCc2ccccc2)C(=N)N)cc1. The second kappa shape index (κ2) is 7.64. The molecule has 0 bridgehead atoms. The van der Waals surface area contributed by atoms with Gasteiger partial charge >= 0.3 is 0 Å². The number of aryl methyl sites for hydroxylation is 1. The Morgan fingerprint density at radius 1 is 1.05 bits per heavy atom. The Hall–Kier alpha value is -2.29. The number of nitrogens with zero attached hydrogens (tertiary/aromatic N) is 1. The van der Waals surface area contributed by atoms with Crippen molar-refractivity contribution in [3.8, 4) is 0 Å². The van der Waals surface area contributed by atoms with E-state index in [-0.39, 0.29) is 5.96 Å². The van der Waals surface area contributed by atoms with Crippen LogP contribution in [0.1, 0.15) is 37.3 Å². The fraction of sp³-hybridized carbons (Fsp3) is 0.316. The summed E-state index contributed by atoms with van der Waals surface area (Å²) in [6.45, 7) is 5.11. The fourth-order valence-electron chi connectivity index (χ4n) is 2.51. The van der Waals surface area contributed by atoms with Crippen LogP contribution in [0.25, 0.3) is 0 Å². The predicted octanol–water partition coefficient (Wildman–Crippen LogP) is 4.14. The number of hydrogen-bond acceptors (Lipinski definition) is 1. The molecule has 3 nitrogen and oxygen atoms in total. The van der Waals surface area contributed by atoms with E-state index in [1.165, 1.54) is 11.1 Å². The van der Waals surface area contributed by atoms with Crippen LogP contribution in [0.5, 0.6) is 0 Å². The maximum absolute atomic E-state index is 7.81. The van der Waals surface area contributed by atoms with Gasteiger partial charge in [-0.05, 0) is 42.0 Å². The van der Waals surface area contributed by atoms with Gasteiger partial charge in [-0.2, -0.15) is 0 Å². The van der Waals surface area contributed by atoms with Crippen LogP contribution in [-0.4, -0.2) is 12.5 Å². The highest BCUT2D eigenvalue weighted by molar-refractivity contribution is 5.92. The molecule has 2 aromatic rings. The molecule has 22 heavy (non-hydrogen) atoms. The van der Waals surface area contributed by atoms with E-state index in [2.05, 4.69) is 62.4 Å². The van der Waals surface area contributed by atoms with Gasteiger partial charge in [0, 0.05) is 12.2 Å². The number of rotatable bonds is 6. The third-order valence-electron chi connectivity index (χ3n) is 3.85. The first-order chi connectivity index (χ1) is 10.6. The summed E-state index contributed by atoms with van der Waals surface area (Å²) in [6.07, 6.45) is 1.96. The van der Waals surface area contributed by atoms with Crippen molar-refractivity contribution in [2.75, 3.05) is 11.4 Å². The maximum atomic E-state index is 7.81. The molecule has 0 heterocycles. The zero-order valence-electron chi connectivity index (χ0n) is 13.4. The van der Waals surface area contributed by atoms with E-state index in [0.29, 0.717) is 5.92 Å². The summed E-state index contributed by atoms with van der Waals surface area (Å²) in [5.41, 5.74) is 9.37. The van der Waals surface area contributed by atoms with Crippen LogP contribution in [0.2, 0.25) is 0 Å². The monoisotopic (exact) mass is 295 g/mol. The first kappa shape index (κ1) is 16.1. The molecule has 3 N–H and O–H groups in total. The Morgan fingerprint density at radius 3 is 2.23 bits per heavy atom. The lowest BCUT2D eigenvalue weighted by Crippen LogP contribution is -2.37. The van der Waals surface area contributed by atoms with Crippen molar-refractivity contribution in [1.82, 2.24) is 0 Å². The van der Waals surface area contributed by atoms with E-state index >= 15 is 0 Å². The molecule has 0 aromatic heterocycles. The van der Waals surface area contributed by atoms with Gasteiger partial charge in [-0.3, -0.25) is 5.41 Å². The number of nitrogens with one attached hydrogen (secondary N) is 1. The smallest absolute Gasteiger partial charge is 0.192 e. The summed E-state index contributed by atoms with van der Waals surface area (Å²) >= 11 is 0. The van der Waals surface area contributed by atoms with Crippen molar-refractivity contribution < 1.29 is 0 Å². The van der Waals surface area contributed by atoms with Gasteiger partial charge in [0.1, 0.15) is 0 Å². The van der Waals surface area contributed by atoms with E-state index in [1.54, 1.807) is 0 Å². The number of benzene rings is 2. The van der Waals surface area contributed by atoms with Crippen LogP contribution < -0.4 is 10.6 Å². The minimum Gasteiger partial charge on any atom is -0.370 e. The fourth-order valence-corrected chi connectivity index (χ4v) is 2.51. The molecule has 0 fully saturated rings.